The predicted molar refractivity (Wildman–Crippen MR) is 76.9 cm³/mol. The van der Waals surface area contributed by atoms with Crippen molar-refractivity contribution in [1.29, 1.82) is 0 Å². The summed E-state index contributed by atoms with van der Waals surface area (Å²) in [6.45, 7) is 0. The zero-order valence-electron chi connectivity index (χ0n) is 11.1. The maximum atomic E-state index is 5.33. The lowest BCUT2D eigenvalue weighted by Crippen LogP contribution is -2.17. The van der Waals surface area contributed by atoms with Gasteiger partial charge in [-0.2, -0.15) is 0 Å². The molecule has 0 saturated carbocycles. The Morgan fingerprint density at radius 2 is 1.89 bits per heavy atom. The molecule has 0 fully saturated rings. The molecule has 1 heterocycles. The Labute approximate surface area is 120 Å². The number of furan rings is 1. The lowest BCUT2D eigenvalue weighted by molar-refractivity contribution is 0.354. The van der Waals surface area contributed by atoms with Gasteiger partial charge in [0.2, 0.25) is 0 Å². The average Bonchev–Trinajstić information content (AvgIpc) is 2.86. The minimum atomic E-state index is 0.0212. The Bertz CT molecular complexity index is 553. The van der Waals surface area contributed by atoms with E-state index in [0.29, 0.717) is 11.5 Å². The molecule has 1 N–H and O–H groups in total. The van der Waals surface area contributed by atoms with E-state index in [9.17, 15) is 0 Å². The zero-order valence-corrected chi connectivity index (χ0v) is 12.7. The molecule has 5 heteroatoms. The van der Waals surface area contributed by atoms with Crippen molar-refractivity contribution in [2.75, 3.05) is 21.3 Å². The van der Waals surface area contributed by atoms with Crippen LogP contribution in [0.3, 0.4) is 0 Å². The monoisotopic (exact) mass is 325 g/mol. The highest BCUT2D eigenvalue weighted by Crippen LogP contribution is 2.34. The second-order valence-corrected chi connectivity index (χ2v) is 4.71. The normalized spacial score (nSPS) is 12.2. The van der Waals surface area contributed by atoms with Crippen LogP contribution >= 0.6 is 15.9 Å². The molecule has 1 unspecified atom stereocenters. The fourth-order valence-corrected chi connectivity index (χ4v) is 2.51. The second-order valence-electron chi connectivity index (χ2n) is 3.99. The third kappa shape index (κ3) is 2.77. The molecule has 0 bridgehead atoms. The molecule has 0 spiro atoms. The zero-order chi connectivity index (χ0) is 13.8. The van der Waals surface area contributed by atoms with Crippen LogP contribution in [0.15, 0.2) is 39.6 Å². The number of hydrogen-bond donors (Lipinski definition) is 1. The van der Waals surface area contributed by atoms with Gasteiger partial charge >= 0.3 is 0 Å². The van der Waals surface area contributed by atoms with Gasteiger partial charge in [-0.25, -0.2) is 0 Å². The topological polar surface area (TPSA) is 43.6 Å². The maximum Gasteiger partial charge on any atom is 0.174 e. The summed E-state index contributed by atoms with van der Waals surface area (Å²) in [6.07, 6.45) is 1.66. The Kier molecular flexibility index (Phi) is 4.50. The summed E-state index contributed by atoms with van der Waals surface area (Å²) in [5, 5.41) is 3.26. The van der Waals surface area contributed by atoms with E-state index in [4.69, 9.17) is 13.9 Å². The summed E-state index contributed by atoms with van der Waals surface area (Å²) in [5.74, 6) is 1.42. The largest absolute Gasteiger partial charge is 0.493 e. The van der Waals surface area contributed by atoms with Crippen molar-refractivity contribution in [3.63, 3.8) is 0 Å². The molecular weight excluding hydrogens is 310 g/mol. The quantitative estimate of drug-likeness (QED) is 0.915. The molecule has 1 aromatic heterocycles. The molecular formula is C14H16BrNO3. The molecule has 4 nitrogen and oxygen atoms in total. The van der Waals surface area contributed by atoms with Crippen LogP contribution in [0.4, 0.5) is 0 Å². The first kappa shape index (κ1) is 14.0. The van der Waals surface area contributed by atoms with E-state index >= 15 is 0 Å². The van der Waals surface area contributed by atoms with E-state index in [1.165, 1.54) is 0 Å². The molecule has 1 atom stereocenters. The first-order valence-corrected chi connectivity index (χ1v) is 6.62. The second kappa shape index (κ2) is 6.12. The summed E-state index contributed by atoms with van der Waals surface area (Å²) in [4.78, 5) is 0. The number of rotatable bonds is 5. The van der Waals surface area contributed by atoms with Crippen LogP contribution in [0, 0.1) is 0 Å². The van der Waals surface area contributed by atoms with Crippen molar-refractivity contribution in [2.45, 2.75) is 6.04 Å². The Balaban J connectivity index is 2.42. The highest BCUT2D eigenvalue weighted by molar-refractivity contribution is 9.10. The predicted octanol–water partition coefficient (Wildman–Crippen LogP) is 3.37. The Morgan fingerprint density at radius 1 is 1.16 bits per heavy atom. The van der Waals surface area contributed by atoms with Gasteiger partial charge in [0.25, 0.3) is 0 Å². The van der Waals surface area contributed by atoms with E-state index in [1.54, 1.807) is 20.5 Å². The number of methoxy groups -OCH3 is 2. The van der Waals surface area contributed by atoms with Crippen LogP contribution in [-0.4, -0.2) is 21.3 Å². The molecule has 2 rings (SSSR count). The fraction of sp³-hybridized carbons (Fsp3) is 0.286. The summed E-state index contributed by atoms with van der Waals surface area (Å²) >= 11 is 3.41. The molecule has 0 radical (unpaired) electrons. The van der Waals surface area contributed by atoms with Crippen LogP contribution in [0.1, 0.15) is 17.2 Å². The average molecular weight is 326 g/mol. The first-order valence-electron chi connectivity index (χ1n) is 5.83. The van der Waals surface area contributed by atoms with Crippen molar-refractivity contribution in [3.05, 3.63) is 46.3 Å². The highest BCUT2D eigenvalue weighted by atomic mass is 79.9. The molecule has 0 aliphatic rings. The van der Waals surface area contributed by atoms with Gasteiger partial charge in [-0.05, 0) is 46.7 Å². The number of halogens is 1. The van der Waals surface area contributed by atoms with E-state index in [0.717, 1.165) is 15.8 Å². The lowest BCUT2D eigenvalue weighted by Gasteiger charge is -2.17. The Hall–Kier alpha value is -1.46. The van der Waals surface area contributed by atoms with Gasteiger partial charge < -0.3 is 19.2 Å². The van der Waals surface area contributed by atoms with Gasteiger partial charge in [-0.3, -0.25) is 0 Å². The molecule has 2 aromatic rings. The summed E-state index contributed by atoms with van der Waals surface area (Å²) < 4.78 is 16.6. The van der Waals surface area contributed by atoms with Gasteiger partial charge in [-0.1, -0.05) is 6.07 Å². The number of nitrogens with one attached hydrogen (secondary N) is 1. The van der Waals surface area contributed by atoms with Crippen LogP contribution in [0.5, 0.6) is 11.5 Å². The van der Waals surface area contributed by atoms with Gasteiger partial charge in [0.05, 0.1) is 26.5 Å². The van der Waals surface area contributed by atoms with Gasteiger partial charge in [-0.15, -0.1) is 0 Å². The minimum Gasteiger partial charge on any atom is -0.493 e. The number of benzene rings is 1. The molecule has 1 aromatic carbocycles. The molecule has 19 heavy (non-hydrogen) atoms. The SMILES string of the molecule is CNC(c1ccc(OC)c(OC)c1)c1ccoc1Br. The molecule has 0 amide bonds. The van der Waals surface area contributed by atoms with Gasteiger partial charge in [0.15, 0.2) is 16.2 Å². The molecule has 0 saturated heterocycles. The highest BCUT2D eigenvalue weighted by Gasteiger charge is 2.18. The lowest BCUT2D eigenvalue weighted by atomic mass is 10.0. The van der Waals surface area contributed by atoms with Crippen LogP contribution in [0.25, 0.3) is 0 Å². The van der Waals surface area contributed by atoms with Crippen LogP contribution < -0.4 is 14.8 Å². The Morgan fingerprint density at radius 3 is 2.42 bits per heavy atom. The van der Waals surface area contributed by atoms with E-state index in [1.807, 2.05) is 31.3 Å². The van der Waals surface area contributed by atoms with Crippen molar-refractivity contribution in [2.24, 2.45) is 0 Å². The van der Waals surface area contributed by atoms with Gasteiger partial charge in [0, 0.05) is 5.56 Å². The van der Waals surface area contributed by atoms with Crippen molar-refractivity contribution < 1.29 is 13.9 Å². The van der Waals surface area contributed by atoms with Crippen LogP contribution in [0.2, 0.25) is 0 Å². The van der Waals surface area contributed by atoms with Crippen molar-refractivity contribution in [1.82, 2.24) is 5.32 Å². The number of ether oxygens (including phenoxy) is 2. The smallest absolute Gasteiger partial charge is 0.174 e. The third-order valence-electron chi connectivity index (χ3n) is 2.99. The van der Waals surface area contributed by atoms with E-state index in [2.05, 4.69) is 21.2 Å². The summed E-state index contributed by atoms with van der Waals surface area (Å²) in [5.41, 5.74) is 2.11. The van der Waals surface area contributed by atoms with Crippen molar-refractivity contribution >= 4 is 15.9 Å². The standard InChI is InChI=1S/C14H16BrNO3/c1-16-13(10-6-7-19-14(10)15)9-4-5-11(17-2)12(8-9)18-3/h4-8,13,16H,1-3H3. The fourth-order valence-electron chi connectivity index (χ4n) is 2.04. The van der Waals surface area contributed by atoms with Crippen LogP contribution in [-0.2, 0) is 0 Å². The maximum absolute atomic E-state index is 5.33. The van der Waals surface area contributed by atoms with Gasteiger partial charge in [0.1, 0.15) is 0 Å². The number of hydrogen-bond acceptors (Lipinski definition) is 4. The molecule has 102 valence electrons. The molecule has 0 aliphatic heterocycles. The minimum absolute atomic E-state index is 0.0212. The first-order chi connectivity index (χ1) is 9.21. The summed E-state index contributed by atoms with van der Waals surface area (Å²) in [7, 11) is 5.16. The van der Waals surface area contributed by atoms with E-state index in [-0.39, 0.29) is 6.04 Å². The van der Waals surface area contributed by atoms with E-state index < -0.39 is 0 Å². The van der Waals surface area contributed by atoms with Crippen molar-refractivity contribution in [3.8, 4) is 11.5 Å². The summed E-state index contributed by atoms with van der Waals surface area (Å²) in [6, 6.07) is 7.81. The third-order valence-corrected chi connectivity index (χ3v) is 3.63. The molecule has 0 aliphatic carbocycles.